The third kappa shape index (κ3) is 3.40. The molecular formula is C18H17N5O2. The molecule has 3 amide bonds. The van der Waals surface area contributed by atoms with Gasteiger partial charge in [-0.15, -0.1) is 0 Å². The van der Waals surface area contributed by atoms with Crippen molar-refractivity contribution in [2.24, 2.45) is 21.9 Å². The first-order valence-electron chi connectivity index (χ1n) is 7.70. The second-order valence-corrected chi connectivity index (χ2v) is 5.50. The molecule has 0 aromatic heterocycles. The van der Waals surface area contributed by atoms with Crippen LogP contribution >= 0.6 is 0 Å². The summed E-state index contributed by atoms with van der Waals surface area (Å²) in [7, 11) is 0. The molecule has 0 saturated carbocycles. The van der Waals surface area contributed by atoms with Crippen LogP contribution in [0.25, 0.3) is 0 Å². The van der Waals surface area contributed by atoms with Gasteiger partial charge >= 0.3 is 6.03 Å². The molecule has 0 aliphatic carbocycles. The fourth-order valence-corrected chi connectivity index (χ4v) is 2.65. The molecule has 0 fully saturated rings. The zero-order valence-electron chi connectivity index (χ0n) is 13.6. The fraction of sp³-hybridized carbons (Fsp3) is 0.111. The predicted octanol–water partition coefficient (Wildman–Crippen LogP) is 2.10. The Morgan fingerprint density at radius 2 is 1.72 bits per heavy atom. The summed E-state index contributed by atoms with van der Waals surface area (Å²) in [4.78, 5) is 24.0. The van der Waals surface area contributed by atoms with Crippen LogP contribution in [-0.4, -0.2) is 23.4 Å². The van der Waals surface area contributed by atoms with Gasteiger partial charge in [-0.25, -0.2) is 10.2 Å². The van der Waals surface area contributed by atoms with Gasteiger partial charge in [-0.1, -0.05) is 48.5 Å². The van der Waals surface area contributed by atoms with E-state index in [9.17, 15) is 9.59 Å². The average Bonchev–Trinajstić information content (AvgIpc) is 2.92. The maximum absolute atomic E-state index is 13.0. The quantitative estimate of drug-likeness (QED) is 0.660. The summed E-state index contributed by atoms with van der Waals surface area (Å²) in [6.07, 6.45) is 0. The van der Waals surface area contributed by atoms with E-state index in [1.165, 1.54) is 5.01 Å². The summed E-state index contributed by atoms with van der Waals surface area (Å²) >= 11 is 0. The van der Waals surface area contributed by atoms with Crippen molar-refractivity contribution in [3.63, 3.8) is 0 Å². The van der Waals surface area contributed by atoms with Gasteiger partial charge in [0.1, 0.15) is 5.92 Å². The van der Waals surface area contributed by atoms with Gasteiger partial charge in [-0.3, -0.25) is 4.79 Å². The Balaban J connectivity index is 1.99. The molecule has 1 aliphatic heterocycles. The van der Waals surface area contributed by atoms with Crippen LogP contribution in [-0.2, 0) is 4.79 Å². The van der Waals surface area contributed by atoms with E-state index in [2.05, 4.69) is 15.6 Å². The number of nitrogens with two attached hydrogens (primary N) is 1. The van der Waals surface area contributed by atoms with Crippen molar-refractivity contribution < 1.29 is 9.59 Å². The van der Waals surface area contributed by atoms with Crippen molar-refractivity contribution in [1.82, 2.24) is 5.43 Å². The van der Waals surface area contributed by atoms with Crippen LogP contribution in [0.15, 0.2) is 70.9 Å². The SMILES string of the molecule is CC1=NN(c2ccccc2)C(=O)[C@H]1/C(=N\NC(N)=O)c1ccccc1. The van der Waals surface area contributed by atoms with Gasteiger partial charge in [0.15, 0.2) is 0 Å². The number of carbonyl (C=O) groups excluding carboxylic acids is 2. The van der Waals surface area contributed by atoms with Crippen LogP contribution in [0.3, 0.4) is 0 Å². The van der Waals surface area contributed by atoms with Crippen LogP contribution in [0.2, 0.25) is 0 Å². The highest BCUT2D eigenvalue weighted by atomic mass is 16.2. The minimum Gasteiger partial charge on any atom is -0.350 e. The minimum atomic E-state index is -0.798. The van der Waals surface area contributed by atoms with Gasteiger partial charge in [0.25, 0.3) is 5.91 Å². The lowest BCUT2D eigenvalue weighted by Gasteiger charge is -2.16. The highest BCUT2D eigenvalue weighted by Crippen LogP contribution is 2.26. The number of hydrogen-bond acceptors (Lipinski definition) is 4. The zero-order valence-corrected chi connectivity index (χ0v) is 13.6. The molecule has 25 heavy (non-hydrogen) atoms. The first-order valence-corrected chi connectivity index (χ1v) is 7.70. The first-order chi connectivity index (χ1) is 12.1. The molecule has 1 heterocycles. The summed E-state index contributed by atoms with van der Waals surface area (Å²) in [5.74, 6) is -0.938. The molecule has 0 spiro atoms. The molecule has 3 rings (SSSR count). The summed E-state index contributed by atoms with van der Waals surface area (Å²) in [5, 5.41) is 9.79. The van der Waals surface area contributed by atoms with Gasteiger partial charge in [0.05, 0.1) is 17.1 Å². The number of hydrazone groups is 2. The van der Waals surface area contributed by atoms with Crippen molar-refractivity contribution in [1.29, 1.82) is 0 Å². The van der Waals surface area contributed by atoms with E-state index in [0.29, 0.717) is 22.7 Å². The molecule has 2 aromatic rings. The molecule has 126 valence electrons. The largest absolute Gasteiger partial charge is 0.350 e. The lowest BCUT2D eigenvalue weighted by molar-refractivity contribution is -0.118. The lowest BCUT2D eigenvalue weighted by atomic mass is 9.93. The van der Waals surface area contributed by atoms with Crippen molar-refractivity contribution in [2.45, 2.75) is 6.92 Å². The predicted molar refractivity (Wildman–Crippen MR) is 96.2 cm³/mol. The number of hydrogen-bond donors (Lipinski definition) is 2. The Kier molecular flexibility index (Phi) is 4.56. The number of carbonyl (C=O) groups is 2. The molecule has 1 atom stereocenters. The van der Waals surface area contributed by atoms with E-state index in [1.807, 2.05) is 48.5 Å². The number of urea groups is 1. The second-order valence-electron chi connectivity index (χ2n) is 5.50. The minimum absolute atomic E-state index is 0.238. The molecule has 1 aliphatic rings. The molecular weight excluding hydrogens is 318 g/mol. The Morgan fingerprint density at radius 3 is 2.32 bits per heavy atom. The maximum atomic E-state index is 13.0. The molecule has 3 N–H and O–H groups in total. The molecule has 2 aromatic carbocycles. The number of nitrogens with one attached hydrogen (secondary N) is 1. The molecule has 0 saturated heterocycles. The Hall–Kier alpha value is -3.48. The number of nitrogens with zero attached hydrogens (tertiary/aromatic N) is 3. The normalized spacial score (nSPS) is 17.4. The fourth-order valence-electron chi connectivity index (χ4n) is 2.65. The summed E-state index contributed by atoms with van der Waals surface area (Å²) in [6, 6.07) is 17.5. The zero-order chi connectivity index (χ0) is 17.8. The van der Waals surface area contributed by atoms with Crippen molar-refractivity contribution in [2.75, 3.05) is 5.01 Å². The van der Waals surface area contributed by atoms with Crippen LogP contribution in [0.5, 0.6) is 0 Å². The van der Waals surface area contributed by atoms with Crippen molar-refractivity contribution in [3.05, 3.63) is 66.2 Å². The third-order valence-corrected chi connectivity index (χ3v) is 3.76. The lowest BCUT2D eigenvalue weighted by Crippen LogP contribution is -2.35. The molecule has 0 radical (unpaired) electrons. The average molecular weight is 335 g/mol. The van der Waals surface area contributed by atoms with E-state index in [1.54, 1.807) is 19.1 Å². The highest BCUT2D eigenvalue weighted by molar-refractivity contribution is 6.31. The Labute approximate surface area is 144 Å². The van der Waals surface area contributed by atoms with Crippen molar-refractivity contribution in [3.8, 4) is 0 Å². The smallest absolute Gasteiger partial charge is 0.332 e. The van der Waals surface area contributed by atoms with E-state index >= 15 is 0 Å². The van der Waals surface area contributed by atoms with Crippen LogP contribution in [0, 0.1) is 5.92 Å². The van der Waals surface area contributed by atoms with Gasteiger partial charge in [0, 0.05) is 0 Å². The Bertz CT molecular complexity index is 846. The van der Waals surface area contributed by atoms with E-state index in [4.69, 9.17) is 5.73 Å². The van der Waals surface area contributed by atoms with Gasteiger partial charge in [-0.2, -0.15) is 15.2 Å². The number of anilines is 1. The Morgan fingerprint density at radius 1 is 1.12 bits per heavy atom. The highest BCUT2D eigenvalue weighted by Gasteiger charge is 2.38. The van der Waals surface area contributed by atoms with E-state index < -0.39 is 11.9 Å². The van der Waals surface area contributed by atoms with E-state index in [0.717, 1.165) is 0 Å². The second kappa shape index (κ2) is 6.96. The van der Waals surface area contributed by atoms with E-state index in [-0.39, 0.29) is 5.91 Å². The molecule has 0 unspecified atom stereocenters. The number of amides is 3. The molecule has 7 nitrogen and oxygen atoms in total. The summed E-state index contributed by atoms with van der Waals surface area (Å²) in [5.41, 5.74) is 9.70. The van der Waals surface area contributed by atoms with Crippen LogP contribution in [0.4, 0.5) is 10.5 Å². The maximum Gasteiger partial charge on any atom is 0.332 e. The molecule has 0 bridgehead atoms. The van der Waals surface area contributed by atoms with Gasteiger partial charge < -0.3 is 5.73 Å². The van der Waals surface area contributed by atoms with Crippen LogP contribution < -0.4 is 16.2 Å². The monoisotopic (exact) mass is 335 g/mol. The van der Waals surface area contributed by atoms with Crippen molar-refractivity contribution >= 4 is 29.0 Å². The summed E-state index contributed by atoms with van der Waals surface area (Å²) in [6.45, 7) is 1.76. The van der Waals surface area contributed by atoms with Crippen LogP contribution in [0.1, 0.15) is 12.5 Å². The number of benzene rings is 2. The number of rotatable bonds is 4. The van der Waals surface area contributed by atoms with Gasteiger partial charge in [-0.05, 0) is 24.6 Å². The summed E-state index contributed by atoms with van der Waals surface area (Å²) < 4.78 is 0. The van der Waals surface area contributed by atoms with Gasteiger partial charge in [0.2, 0.25) is 0 Å². The topological polar surface area (TPSA) is 100 Å². The molecule has 7 heteroatoms. The third-order valence-electron chi connectivity index (χ3n) is 3.76. The number of primary amides is 1. The first kappa shape index (κ1) is 16.4. The standard InChI is InChI=1S/C18H17N5O2/c1-12-15(17(24)23(22-12)14-10-6-3-7-11-14)16(20-21-18(19)25)13-8-4-2-5-9-13/h2-11,15H,1H3,(H3,19,21,25)/b20-16-/t15-/m1/s1. The number of para-hydroxylation sites is 1.